The van der Waals surface area contributed by atoms with E-state index >= 15 is 0 Å². The SMILES string of the molecule is COc1ccc(C(=O)N[C@H]2CC[C@H](C(=O)NCCCn3ccnc3)C[C@@H]2O)cn1. The number of nitrogens with one attached hydrogen (secondary N) is 2. The summed E-state index contributed by atoms with van der Waals surface area (Å²) in [6.07, 6.45) is 8.34. The number of carbonyl (C=O) groups is 2. The van der Waals surface area contributed by atoms with Crippen LogP contribution in [0.4, 0.5) is 0 Å². The number of aryl methyl sites for hydroxylation is 1. The maximum absolute atomic E-state index is 12.4. The Morgan fingerprint density at radius 2 is 2.21 bits per heavy atom. The molecule has 0 unspecified atom stereocenters. The van der Waals surface area contributed by atoms with Crippen LogP contribution in [-0.2, 0) is 11.3 Å². The van der Waals surface area contributed by atoms with E-state index in [-0.39, 0.29) is 23.8 Å². The summed E-state index contributed by atoms with van der Waals surface area (Å²) >= 11 is 0. The first kappa shape index (κ1) is 20.8. The van der Waals surface area contributed by atoms with Crippen molar-refractivity contribution < 1.29 is 19.4 Å². The Hall–Kier alpha value is -2.94. The van der Waals surface area contributed by atoms with Crippen LogP contribution in [-0.4, -0.2) is 57.3 Å². The van der Waals surface area contributed by atoms with Gasteiger partial charge in [0, 0.05) is 43.7 Å². The Bertz CT molecular complexity index is 794. The van der Waals surface area contributed by atoms with E-state index in [4.69, 9.17) is 4.74 Å². The second-order valence-electron chi connectivity index (χ2n) is 7.19. The van der Waals surface area contributed by atoms with Crippen molar-refractivity contribution in [3.05, 3.63) is 42.6 Å². The van der Waals surface area contributed by atoms with E-state index in [2.05, 4.69) is 20.6 Å². The lowest BCUT2D eigenvalue weighted by Gasteiger charge is -2.33. The molecule has 1 fully saturated rings. The van der Waals surface area contributed by atoms with E-state index in [0.717, 1.165) is 13.0 Å². The minimum Gasteiger partial charge on any atom is -0.481 e. The molecule has 1 saturated carbocycles. The zero-order chi connectivity index (χ0) is 20.6. The Labute approximate surface area is 169 Å². The van der Waals surface area contributed by atoms with Crippen molar-refractivity contribution in [2.24, 2.45) is 5.92 Å². The van der Waals surface area contributed by atoms with Gasteiger partial charge < -0.3 is 25.0 Å². The number of nitrogens with zero attached hydrogens (tertiary/aromatic N) is 3. The number of methoxy groups -OCH3 is 1. The monoisotopic (exact) mass is 401 g/mol. The number of aliphatic hydroxyl groups excluding tert-OH is 1. The van der Waals surface area contributed by atoms with Crippen molar-refractivity contribution in [2.75, 3.05) is 13.7 Å². The fraction of sp³-hybridized carbons (Fsp3) is 0.500. The lowest BCUT2D eigenvalue weighted by Crippen LogP contribution is -2.49. The molecule has 1 aliphatic carbocycles. The van der Waals surface area contributed by atoms with Gasteiger partial charge in [-0.1, -0.05) is 0 Å². The van der Waals surface area contributed by atoms with Crippen molar-refractivity contribution in [1.82, 2.24) is 25.2 Å². The van der Waals surface area contributed by atoms with Crippen molar-refractivity contribution >= 4 is 11.8 Å². The predicted molar refractivity (Wildman–Crippen MR) is 105 cm³/mol. The van der Waals surface area contributed by atoms with Gasteiger partial charge in [0.1, 0.15) is 0 Å². The van der Waals surface area contributed by atoms with Crippen molar-refractivity contribution in [3.8, 4) is 5.88 Å². The van der Waals surface area contributed by atoms with Crippen LogP contribution in [0.3, 0.4) is 0 Å². The molecule has 0 radical (unpaired) electrons. The average molecular weight is 401 g/mol. The first-order chi connectivity index (χ1) is 14.1. The van der Waals surface area contributed by atoms with E-state index in [9.17, 15) is 14.7 Å². The zero-order valence-electron chi connectivity index (χ0n) is 16.5. The molecule has 0 spiro atoms. The first-order valence-electron chi connectivity index (χ1n) is 9.79. The Morgan fingerprint density at radius 3 is 2.86 bits per heavy atom. The molecule has 9 heteroatoms. The molecular formula is C20H27N5O4. The highest BCUT2D eigenvalue weighted by molar-refractivity contribution is 5.94. The molecular weight excluding hydrogens is 374 g/mol. The molecule has 1 aliphatic rings. The Balaban J connectivity index is 1.40. The number of imidazole rings is 1. The first-order valence-corrected chi connectivity index (χ1v) is 9.79. The molecule has 156 valence electrons. The number of ether oxygens (including phenoxy) is 1. The van der Waals surface area contributed by atoms with Gasteiger partial charge in [-0.05, 0) is 31.7 Å². The minimum atomic E-state index is -0.763. The largest absolute Gasteiger partial charge is 0.481 e. The topological polar surface area (TPSA) is 118 Å². The van der Waals surface area contributed by atoms with Crippen molar-refractivity contribution in [3.63, 3.8) is 0 Å². The summed E-state index contributed by atoms with van der Waals surface area (Å²) in [5, 5.41) is 16.2. The molecule has 0 bridgehead atoms. The maximum atomic E-state index is 12.4. The summed E-state index contributed by atoms with van der Waals surface area (Å²) < 4.78 is 6.94. The fourth-order valence-electron chi connectivity index (χ4n) is 3.48. The Morgan fingerprint density at radius 1 is 1.34 bits per heavy atom. The molecule has 2 amide bonds. The van der Waals surface area contributed by atoms with E-state index in [1.165, 1.54) is 13.3 Å². The molecule has 3 rings (SSSR count). The third-order valence-electron chi connectivity index (χ3n) is 5.16. The average Bonchev–Trinajstić information content (AvgIpc) is 3.26. The molecule has 2 aromatic heterocycles. The normalized spacial score (nSPS) is 21.4. The number of amides is 2. The van der Waals surface area contributed by atoms with Gasteiger partial charge in [-0.15, -0.1) is 0 Å². The molecule has 9 nitrogen and oxygen atoms in total. The number of pyridine rings is 1. The summed E-state index contributed by atoms with van der Waals surface area (Å²) in [6, 6.07) is 2.85. The highest BCUT2D eigenvalue weighted by atomic mass is 16.5. The van der Waals surface area contributed by atoms with E-state index in [1.807, 2.05) is 10.8 Å². The minimum absolute atomic E-state index is 0.0428. The zero-order valence-corrected chi connectivity index (χ0v) is 16.5. The lowest BCUT2D eigenvalue weighted by molar-refractivity contribution is -0.127. The van der Waals surface area contributed by atoms with Gasteiger partial charge in [0.25, 0.3) is 5.91 Å². The van der Waals surface area contributed by atoms with Gasteiger partial charge in [0.05, 0.1) is 31.1 Å². The smallest absolute Gasteiger partial charge is 0.253 e. The number of hydrogen-bond donors (Lipinski definition) is 3. The highest BCUT2D eigenvalue weighted by Gasteiger charge is 2.33. The third kappa shape index (κ3) is 5.77. The van der Waals surface area contributed by atoms with Gasteiger partial charge in [-0.25, -0.2) is 9.97 Å². The highest BCUT2D eigenvalue weighted by Crippen LogP contribution is 2.25. The summed E-state index contributed by atoms with van der Waals surface area (Å²) in [6.45, 7) is 1.37. The second kappa shape index (κ2) is 10.0. The van der Waals surface area contributed by atoms with Gasteiger partial charge >= 0.3 is 0 Å². The van der Waals surface area contributed by atoms with E-state index in [1.54, 1.807) is 24.7 Å². The number of hydrogen-bond acceptors (Lipinski definition) is 6. The standard InChI is InChI=1S/C20H27N5O4/c1-29-18-6-4-15(12-23-18)20(28)24-16-5-3-14(11-17(16)26)19(27)22-7-2-9-25-10-8-21-13-25/h4,6,8,10,12-14,16-17,26H,2-3,5,7,9,11H2,1H3,(H,22,27)(H,24,28)/t14-,16-,17-/m0/s1. The maximum Gasteiger partial charge on any atom is 0.253 e. The summed E-state index contributed by atoms with van der Waals surface area (Å²) in [4.78, 5) is 32.7. The summed E-state index contributed by atoms with van der Waals surface area (Å²) in [7, 11) is 1.51. The third-order valence-corrected chi connectivity index (χ3v) is 5.16. The van der Waals surface area contributed by atoms with Crippen LogP contribution < -0.4 is 15.4 Å². The molecule has 2 heterocycles. The van der Waals surface area contributed by atoms with E-state index in [0.29, 0.717) is 37.3 Å². The predicted octanol–water partition coefficient (Wildman–Crippen LogP) is 0.753. The molecule has 29 heavy (non-hydrogen) atoms. The molecule has 3 atom stereocenters. The number of carbonyl (C=O) groups excluding carboxylic acids is 2. The number of aromatic nitrogens is 3. The van der Waals surface area contributed by atoms with Crippen molar-refractivity contribution in [1.29, 1.82) is 0 Å². The van der Waals surface area contributed by atoms with Crippen LogP contribution in [0.1, 0.15) is 36.0 Å². The summed E-state index contributed by atoms with van der Waals surface area (Å²) in [5.74, 6) is -0.155. The van der Waals surface area contributed by atoms with Crippen molar-refractivity contribution in [2.45, 2.75) is 44.4 Å². The second-order valence-corrected chi connectivity index (χ2v) is 7.19. The fourth-order valence-corrected chi connectivity index (χ4v) is 3.48. The van der Waals surface area contributed by atoms with Gasteiger partial charge in [0.2, 0.25) is 11.8 Å². The molecule has 0 aliphatic heterocycles. The van der Waals surface area contributed by atoms with Crippen LogP contribution in [0.25, 0.3) is 0 Å². The van der Waals surface area contributed by atoms with Crippen LogP contribution >= 0.6 is 0 Å². The summed E-state index contributed by atoms with van der Waals surface area (Å²) in [5.41, 5.74) is 0.399. The van der Waals surface area contributed by atoms with Crippen LogP contribution in [0.5, 0.6) is 5.88 Å². The molecule has 0 aromatic carbocycles. The molecule has 3 N–H and O–H groups in total. The molecule has 0 saturated heterocycles. The van der Waals surface area contributed by atoms with E-state index < -0.39 is 6.10 Å². The van der Waals surface area contributed by atoms with Crippen LogP contribution in [0.15, 0.2) is 37.1 Å². The van der Waals surface area contributed by atoms with Gasteiger partial charge in [-0.2, -0.15) is 0 Å². The van der Waals surface area contributed by atoms with Crippen LogP contribution in [0, 0.1) is 5.92 Å². The van der Waals surface area contributed by atoms with Gasteiger partial charge in [-0.3, -0.25) is 9.59 Å². The quantitative estimate of drug-likeness (QED) is 0.562. The number of rotatable bonds is 8. The van der Waals surface area contributed by atoms with Gasteiger partial charge in [0.15, 0.2) is 0 Å². The molecule has 2 aromatic rings. The number of aliphatic hydroxyl groups is 1. The Kier molecular flexibility index (Phi) is 7.18. The van der Waals surface area contributed by atoms with Crippen LogP contribution in [0.2, 0.25) is 0 Å². The lowest BCUT2D eigenvalue weighted by atomic mass is 9.83.